The van der Waals surface area contributed by atoms with Crippen molar-refractivity contribution >= 4 is 5.69 Å². The normalized spacial score (nSPS) is 13.7. The summed E-state index contributed by atoms with van der Waals surface area (Å²) in [5.41, 5.74) is -0.117. The van der Waals surface area contributed by atoms with Gasteiger partial charge in [-0.05, 0) is 31.2 Å². The summed E-state index contributed by atoms with van der Waals surface area (Å²) in [6.45, 7) is 1.91. The monoisotopic (exact) mass is 219 g/mol. The minimum Gasteiger partial charge on any atom is -0.392 e. The lowest BCUT2D eigenvalue weighted by atomic mass is 10.2. The highest BCUT2D eigenvalue weighted by atomic mass is 19.4. The molecule has 0 heterocycles. The second kappa shape index (κ2) is 4.53. The van der Waals surface area contributed by atoms with E-state index in [1.807, 2.05) is 0 Å². The van der Waals surface area contributed by atoms with Crippen molar-refractivity contribution in [2.45, 2.75) is 19.2 Å². The second-order valence-corrected chi connectivity index (χ2v) is 3.31. The van der Waals surface area contributed by atoms with E-state index in [4.69, 9.17) is 5.11 Å². The summed E-state index contributed by atoms with van der Waals surface area (Å²) in [4.78, 5) is 0. The van der Waals surface area contributed by atoms with E-state index >= 15 is 0 Å². The molecule has 0 aliphatic heterocycles. The Morgan fingerprint density at radius 1 is 1.27 bits per heavy atom. The Morgan fingerprint density at radius 3 is 2.20 bits per heavy atom. The van der Waals surface area contributed by atoms with Gasteiger partial charge < -0.3 is 10.4 Å². The molecule has 5 heteroatoms. The molecule has 1 aromatic rings. The van der Waals surface area contributed by atoms with E-state index in [0.717, 1.165) is 12.1 Å². The van der Waals surface area contributed by atoms with Crippen LogP contribution in [0, 0.1) is 0 Å². The maximum absolute atomic E-state index is 12.2. The average molecular weight is 219 g/mol. The molecule has 0 aliphatic rings. The van der Waals surface area contributed by atoms with Gasteiger partial charge in [0.15, 0.2) is 0 Å². The third-order valence-electron chi connectivity index (χ3n) is 1.81. The molecular weight excluding hydrogens is 207 g/mol. The van der Waals surface area contributed by atoms with E-state index in [2.05, 4.69) is 5.32 Å². The minimum absolute atomic E-state index is 0.311. The summed E-state index contributed by atoms with van der Waals surface area (Å²) >= 11 is 0. The Balaban J connectivity index is 2.65. The highest BCUT2D eigenvalue weighted by molar-refractivity contribution is 5.45. The fourth-order valence-electron chi connectivity index (χ4n) is 1.04. The number of aliphatic hydroxyl groups is 1. The van der Waals surface area contributed by atoms with Gasteiger partial charge in [-0.3, -0.25) is 0 Å². The van der Waals surface area contributed by atoms with Crippen LogP contribution in [-0.2, 0) is 6.18 Å². The summed E-state index contributed by atoms with van der Waals surface area (Å²) < 4.78 is 36.5. The molecule has 0 fully saturated rings. The van der Waals surface area contributed by atoms with Crippen LogP contribution >= 0.6 is 0 Å². The molecule has 0 amide bonds. The number of hydrogen-bond donors (Lipinski definition) is 2. The summed E-state index contributed by atoms with van der Waals surface area (Å²) in [7, 11) is 0. The first-order valence-corrected chi connectivity index (χ1v) is 4.49. The lowest BCUT2D eigenvalue weighted by molar-refractivity contribution is -0.137. The van der Waals surface area contributed by atoms with Crippen molar-refractivity contribution in [1.82, 2.24) is 0 Å². The molecule has 1 aromatic carbocycles. The first-order valence-electron chi connectivity index (χ1n) is 4.49. The molecule has 0 saturated carbocycles. The molecule has 2 nitrogen and oxygen atoms in total. The molecule has 0 aliphatic carbocycles. The molecule has 0 radical (unpaired) electrons. The van der Waals surface area contributed by atoms with Gasteiger partial charge in [0.2, 0.25) is 0 Å². The predicted molar refractivity (Wildman–Crippen MR) is 51.6 cm³/mol. The fraction of sp³-hybridized carbons (Fsp3) is 0.400. The van der Waals surface area contributed by atoms with Crippen LogP contribution in [0.1, 0.15) is 12.5 Å². The van der Waals surface area contributed by atoms with E-state index in [1.54, 1.807) is 6.92 Å². The van der Waals surface area contributed by atoms with Crippen LogP contribution in [0.4, 0.5) is 18.9 Å². The van der Waals surface area contributed by atoms with Gasteiger partial charge in [0.05, 0.1) is 11.7 Å². The maximum atomic E-state index is 12.2. The molecule has 0 saturated heterocycles. The van der Waals surface area contributed by atoms with Crippen LogP contribution in [-0.4, -0.2) is 17.8 Å². The molecule has 1 rings (SSSR count). The Bertz CT molecular complexity index is 305. The zero-order valence-corrected chi connectivity index (χ0v) is 8.17. The fourth-order valence-corrected chi connectivity index (χ4v) is 1.04. The van der Waals surface area contributed by atoms with Crippen LogP contribution in [0.15, 0.2) is 24.3 Å². The summed E-state index contributed by atoms with van der Waals surface area (Å²) in [5, 5.41) is 11.8. The smallest absolute Gasteiger partial charge is 0.392 e. The van der Waals surface area contributed by atoms with E-state index in [9.17, 15) is 13.2 Å². The van der Waals surface area contributed by atoms with Crippen molar-refractivity contribution in [3.8, 4) is 0 Å². The summed E-state index contributed by atoms with van der Waals surface area (Å²) in [5.74, 6) is 0. The van der Waals surface area contributed by atoms with E-state index in [-0.39, 0.29) is 0 Å². The highest BCUT2D eigenvalue weighted by Crippen LogP contribution is 2.29. The number of rotatable bonds is 3. The molecule has 84 valence electrons. The van der Waals surface area contributed by atoms with Gasteiger partial charge in [0, 0.05) is 12.2 Å². The maximum Gasteiger partial charge on any atom is 0.416 e. The van der Waals surface area contributed by atoms with E-state index in [0.29, 0.717) is 12.2 Å². The standard InChI is InChI=1S/C10H12F3NO/c1-7(15)6-14-9-4-2-8(3-5-9)10(11,12)13/h2-5,7,14-15H,6H2,1H3. The van der Waals surface area contributed by atoms with Crippen molar-refractivity contribution in [2.24, 2.45) is 0 Å². The molecule has 0 bridgehead atoms. The van der Waals surface area contributed by atoms with Crippen molar-refractivity contribution in [3.05, 3.63) is 29.8 Å². The SMILES string of the molecule is CC(O)CNc1ccc(C(F)(F)F)cc1. The van der Waals surface area contributed by atoms with Gasteiger partial charge in [-0.2, -0.15) is 13.2 Å². The quantitative estimate of drug-likeness (QED) is 0.818. The van der Waals surface area contributed by atoms with Gasteiger partial charge in [-0.25, -0.2) is 0 Å². The molecule has 0 spiro atoms. The molecule has 15 heavy (non-hydrogen) atoms. The molecule has 0 aromatic heterocycles. The zero-order valence-electron chi connectivity index (χ0n) is 8.17. The summed E-state index contributed by atoms with van der Waals surface area (Å²) in [6.07, 6.45) is -4.84. The van der Waals surface area contributed by atoms with E-state index < -0.39 is 17.8 Å². The van der Waals surface area contributed by atoms with Gasteiger partial charge in [-0.15, -0.1) is 0 Å². The minimum atomic E-state index is -4.30. The number of nitrogens with one attached hydrogen (secondary N) is 1. The number of hydrogen-bond acceptors (Lipinski definition) is 2. The summed E-state index contributed by atoms with van der Waals surface area (Å²) in [6, 6.07) is 4.69. The van der Waals surface area contributed by atoms with Crippen molar-refractivity contribution < 1.29 is 18.3 Å². The van der Waals surface area contributed by atoms with Crippen LogP contribution in [0.5, 0.6) is 0 Å². The predicted octanol–water partition coefficient (Wildman–Crippen LogP) is 2.50. The van der Waals surface area contributed by atoms with Crippen LogP contribution in [0.3, 0.4) is 0 Å². The molecule has 1 unspecified atom stereocenters. The third kappa shape index (κ3) is 3.79. The number of halogens is 3. The van der Waals surface area contributed by atoms with Gasteiger partial charge in [-0.1, -0.05) is 0 Å². The van der Waals surface area contributed by atoms with Crippen molar-refractivity contribution in [2.75, 3.05) is 11.9 Å². The molecule has 1 atom stereocenters. The Morgan fingerprint density at radius 2 is 1.80 bits per heavy atom. The number of anilines is 1. The highest BCUT2D eigenvalue weighted by Gasteiger charge is 2.29. The Kier molecular flexibility index (Phi) is 3.57. The zero-order chi connectivity index (χ0) is 11.5. The van der Waals surface area contributed by atoms with Gasteiger partial charge >= 0.3 is 6.18 Å². The second-order valence-electron chi connectivity index (χ2n) is 3.31. The first-order chi connectivity index (χ1) is 6.89. The number of benzene rings is 1. The van der Waals surface area contributed by atoms with E-state index in [1.165, 1.54) is 12.1 Å². The Hall–Kier alpha value is -1.23. The third-order valence-corrected chi connectivity index (χ3v) is 1.81. The Labute approximate surface area is 85.7 Å². The van der Waals surface area contributed by atoms with Crippen molar-refractivity contribution in [3.63, 3.8) is 0 Å². The number of aliphatic hydroxyl groups excluding tert-OH is 1. The number of alkyl halides is 3. The average Bonchev–Trinajstić information content (AvgIpc) is 2.14. The van der Waals surface area contributed by atoms with Crippen LogP contribution in [0.2, 0.25) is 0 Å². The topological polar surface area (TPSA) is 32.3 Å². The lowest BCUT2D eigenvalue weighted by Gasteiger charge is -2.10. The lowest BCUT2D eigenvalue weighted by Crippen LogP contribution is -2.15. The molecule has 2 N–H and O–H groups in total. The van der Waals surface area contributed by atoms with Gasteiger partial charge in [0.1, 0.15) is 0 Å². The first kappa shape index (κ1) is 11.8. The largest absolute Gasteiger partial charge is 0.416 e. The van der Waals surface area contributed by atoms with Crippen molar-refractivity contribution in [1.29, 1.82) is 0 Å². The van der Waals surface area contributed by atoms with Gasteiger partial charge in [0.25, 0.3) is 0 Å². The molecular formula is C10H12F3NO. The van der Waals surface area contributed by atoms with Crippen LogP contribution in [0.25, 0.3) is 0 Å². The van der Waals surface area contributed by atoms with Crippen LogP contribution < -0.4 is 5.32 Å².